The second-order valence-electron chi connectivity index (χ2n) is 8.89. The van der Waals surface area contributed by atoms with Crippen LogP contribution in [0.1, 0.15) is 35.3 Å². The van der Waals surface area contributed by atoms with Crippen molar-refractivity contribution in [3.05, 3.63) is 53.5 Å². The van der Waals surface area contributed by atoms with Crippen LogP contribution >= 0.6 is 11.8 Å². The predicted octanol–water partition coefficient (Wildman–Crippen LogP) is 3.75. The summed E-state index contributed by atoms with van der Waals surface area (Å²) < 4.78 is 32.6. The highest BCUT2D eigenvalue weighted by Gasteiger charge is 2.25. The lowest BCUT2D eigenvalue weighted by Gasteiger charge is -2.22. The zero-order valence-electron chi connectivity index (χ0n) is 21.7. The van der Waals surface area contributed by atoms with Crippen LogP contribution in [0.2, 0.25) is 0 Å². The van der Waals surface area contributed by atoms with Crippen LogP contribution < -0.4 is 26.1 Å². The topological polar surface area (TPSA) is 117 Å². The van der Waals surface area contributed by atoms with Crippen molar-refractivity contribution >= 4 is 34.7 Å². The summed E-state index contributed by atoms with van der Waals surface area (Å²) in [6, 6.07) is 6.38. The van der Waals surface area contributed by atoms with E-state index in [0.29, 0.717) is 34.4 Å². The van der Waals surface area contributed by atoms with Gasteiger partial charge in [0.1, 0.15) is 11.4 Å². The molecule has 4 N–H and O–H groups in total. The van der Waals surface area contributed by atoms with Crippen LogP contribution in [0.3, 0.4) is 0 Å². The molecule has 0 radical (unpaired) electrons. The highest BCUT2D eigenvalue weighted by molar-refractivity contribution is 8.14. The zero-order valence-corrected chi connectivity index (χ0v) is 22.6. The van der Waals surface area contributed by atoms with Gasteiger partial charge in [0.05, 0.1) is 13.3 Å². The lowest BCUT2D eigenvalue weighted by molar-refractivity contribution is 0.0978. The molecule has 1 fully saturated rings. The summed E-state index contributed by atoms with van der Waals surface area (Å²) in [5.74, 6) is 6.54. The van der Waals surface area contributed by atoms with Crippen LogP contribution in [0, 0.1) is 17.8 Å². The van der Waals surface area contributed by atoms with Crippen molar-refractivity contribution in [3.63, 3.8) is 0 Å². The lowest BCUT2D eigenvalue weighted by Crippen LogP contribution is -2.28. The molecule has 1 aliphatic heterocycles. The van der Waals surface area contributed by atoms with Crippen LogP contribution in [0.25, 0.3) is 11.1 Å². The number of nitrogens with two attached hydrogens (primary N) is 1. The fourth-order valence-electron chi connectivity index (χ4n) is 3.80. The van der Waals surface area contributed by atoms with Crippen molar-refractivity contribution in [2.45, 2.75) is 24.6 Å². The maximum absolute atomic E-state index is 13.6. The predicted molar refractivity (Wildman–Crippen MR) is 151 cm³/mol. The van der Waals surface area contributed by atoms with E-state index in [1.54, 1.807) is 31.5 Å². The monoisotopic (exact) mass is 553 g/mol. The van der Waals surface area contributed by atoms with Crippen molar-refractivity contribution in [2.24, 2.45) is 21.7 Å². The van der Waals surface area contributed by atoms with E-state index in [0.717, 1.165) is 18.4 Å². The number of hydrogen-bond acceptors (Lipinski definition) is 9. The maximum Gasteiger partial charge on any atom is 0.280 e. The minimum atomic E-state index is -2.80. The number of amides is 1. The normalized spacial score (nSPS) is 16.9. The molecule has 4 rings (SSSR count). The highest BCUT2D eigenvalue weighted by atomic mass is 32.2. The third-order valence-electron chi connectivity index (χ3n) is 5.97. The quantitative estimate of drug-likeness (QED) is 0.337. The molecule has 2 aliphatic rings. The third kappa shape index (κ3) is 7.06. The molecule has 1 unspecified atom stereocenters. The number of anilines is 1. The standard InChI is InChI=1S/C27H29F2N7O2S/c1-31-13-17(12-30)15-36(2)18-7-8-19(20(10-18)21-11-22(25(28)29)32-14-23(21)38-3)26(37)33-27-35-34-24(39-27)9-6-16-4-5-16/h7-8,10-14,16,24-25,34H,4-5,15,30H2,1-3H3,(H,33,35,37)/b17-12+,31-13?. The van der Waals surface area contributed by atoms with Gasteiger partial charge in [-0.25, -0.2) is 8.78 Å². The van der Waals surface area contributed by atoms with Crippen molar-refractivity contribution in [2.75, 3.05) is 32.6 Å². The molecule has 1 amide bonds. The number of thioether (sulfide) groups is 1. The molecule has 1 saturated carbocycles. The molecular weight excluding hydrogens is 524 g/mol. The van der Waals surface area contributed by atoms with Gasteiger partial charge in [-0.2, -0.15) is 5.10 Å². The van der Waals surface area contributed by atoms with Gasteiger partial charge < -0.3 is 15.4 Å². The first-order valence-electron chi connectivity index (χ1n) is 12.2. The van der Waals surface area contributed by atoms with E-state index in [1.165, 1.54) is 37.3 Å². The number of rotatable bonds is 8. The number of hydrazone groups is 1. The number of alkyl halides is 2. The molecule has 1 atom stereocenters. The number of ether oxygens (including phenoxy) is 1. The van der Waals surface area contributed by atoms with E-state index in [9.17, 15) is 13.6 Å². The van der Waals surface area contributed by atoms with Gasteiger partial charge >= 0.3 is 0 Å². The Morgan fingerprint density at radius 3 is 2.82 bits per heavy atom. The first kappa shape index (κ1) is 27.9. The molecule has 0 bridgehead atoms. The average Bonchev–Trinajstić information content (AvgIpc) is 3.67. The molecule has 2 heterocycles. The molecule has 0 spiro atoms. The fraction of sp³-hybridized carbons (Fsp3) is 0.333. The van der Waals surface area contributed by atoms with Crippen LogP contribution in [-0.2, 0) is 0 Å². The summed E-state index contributed by atoms with van der Waals surface area (Å²) in [7, 11) is 4.91. The number of hydrogen-bond donors (Lipinski definition) is 3. The van der Waals surface area contributed by atoms with Crippen molar-refractivity contribution in [3.8, 4) is 28.7 Å². The van der Waals surface area contributed by atoms with E-state index in [-0.39, 0.29) is 16.7 Å². The third-order valence-corrected chi connectivity index (χ3v) is 6.84. The molecule has 1 aromatic carbocycles. The van der Waals surface area contributed by atoms with Crippen LogP contribution in [0.5, 0.6) is 5.75 Å². The molecule has 12 heteroatoms. The van der Waals surface area contributed by atoms with Gasteiger partial charge in [-0.15, -0.1) is 0 Å². The largest absolute Gasteiger partial charge is 0.494 e. The number of methoxy groups -OCH3 is 1. The number of aromatic nitrogens is 1. The zero-order chi connectivity index (χ0) is 27.9. The number of aliphatic imine (C=N–C) groups is 1. The van der Waals surface area contributed by atoms with E-state index < -0.39 is 18.0 Å². The first-order chi connectivity index (χ1) is 18.8. The smallest absolute Gasteiger partial charge is 0.280 e. The molecule has 0 saturated heterocycles. The minimum Gasteiger partial charge on any atom is -0.494 e. The Kier molecular flexibility index (Phi) is 9.03. The van der Waals surface area contributed by atoms with Crippen LogP contribution in [0.15, 0.2) is 52.3 Å². The molecule has 39 heavy (non-hydrogen) atoms. The number of pyridine rings is 1. The van der Waals surface area contributed by atoms with Gasteiger partial charge in [0.25, 0.3) is 12.3 Å². The van der Waals surface area contributed by atoms with Gasteiger partial charge in [-0.3, -0.25) is 25.5 Å². The summed E-state index contributed by atoms with van der Waals surface area (Å²) in [6.07, 6.45) is 3.77. The Morgan fingerprint density at radius 2 is 2.15 bits per heavy atom. The van der Waals surface area contributed by atoms with Crippen molar-refractivity contribution < 1.29 is 18.3 Å². The van der Waals surface area contributed by atoms with E-state index in [2.05, 4.69) is 37.7 Å². The summed E-state index contributed by atoms with van der Waals surface area (Å²) in [5.41, 5.74) is 10.6. The van der Waals surface area contributed by atoms with Gasteiger partial charge in [0.15, 0.2) is 10.5 Å². The van der Waals surface area contributed by atoms with E-state index in [1.807, 2.05) is 11.9 Å². The minimum absolute atomic E-state index is 0.248. The Morgan fingerprint density at radius 1 is 1.36 bits per heavy atom. The molecular formula is C27H29F2N7O2S. The molecule has 1 aliphatic carbocycles. The van der Waals surface area contributed by atoms with Gasteiger partial charge in [-0.1, -0.05) is 11.8 Å². The first-order valence-corrected chi connectivity index (χ1v) is 13.0. The average molecular weight is 554 g/mol. The number of likely N-dealkylation sites (N-methyl/N-ethyl adjacent to an activating group) is 1. The van der Waals surface area contributed by atoms with Crippen LogP contribution in [0.4, 0.5) is 14.5 Å². The number of nitrogens with one attached hydrogen (secondary N) is 2. The Bertz CT molecular complexity index is 1380. The summed E-state index contributed by atoms with van der Waals surface area (Å²) in [4.78, 5) is 23.2. The van der Waals surface area contributed by atoms with E-state index in [4.69, 9.17) is 10.5 Å². The summed E-state index contributed by atoms with van der Waals surface area (Å²) in [5, 5.41) is 7.11. The van der Waals surface area contributed by atoms with Gasteiger partial charge in [0.2, 0.25) is 0 Å². The van der Waals surface area contributed by atoms with Crippen LogP contribution in [-0.4, -0.2) is 55.4 Å². The molecule has 9 nitrogen and oxygen atoms in total. The highest BCUT2D eigenvalue weighted by Crippen LogP contribution is 2.37. The number of nitrogens with zero attached hydrogens (tertiary/aromatic N) is 4. The van der Waals surface area contributed by atoms with Gasteiger partial charge in [-0.05, 0) is 48.9 Å². The molecule has 1 aromatic heterocycles. The van der Waals surface area contributed by atoms with E-state index >= 15 is 0 Å². The van der Waals surface area contributed by atoms with Crippen molar-refractivity contribution in [1.82, 2.24) is 15.7 Å². The second kappa shape index (κ2) is 12.6. The Hall–Kier alpha value is -4.11. The number of carbonyl (C=O) groups excluding carboxylic acids is 1. The maximum atomic E-state index is 13.6. The second-order valence-corrected chi connectivity index (χ2v) is 9.98. The summed E-state index contributed by atoms with van der Waals surface area (Å²) in [6.45, 7) is 0.428. The van der Waals surface area contributed by atoms with Gasteiger partial charge in [0, 0.05) is 66.9 Å². The number of amidine groups is 1. The Balaban J connectivity index is 1.68. The SMILES string of the molecule is CN=C/C(=C\N)CN(C)c1ccc(C(=O)NC2=NNC(C#CC3CC3)S2)c(-c2cc(C(F)F)ncc2OC)c1. The lowest BCUT2D eigenvalue weighted by atomic mass is 9.97. The molecule has 204 valence electrons. The fourth-order valence-corrected chi connectivity index (χ4v) is 4.51. The Labute approximate surface area is 230 Å². The number of benzene rings is 1. The summed E-state index contributed by atoms with van der Waals surface area (Å²) >= 11 is 1.30. The van der Waals surface area contributed by atoms with Crippen molar-refractivity contribution in [1.29, 1.82) is 0 Å². The molecule has 2 aromatic rings. The number of halogens is 2. The number of carbonyl (C=O) groups is 1.